The van der Waals surface area contributed by atoms with Crippen molar-refractivity contribution < 1.29 is 23.8 Å². The SMILES string of the molecule is COc1cc(N)c(Cl)cc1C(=O)OC(C(=O)N1CCOCC1)c1ccccc1. The minimum atomic E-state index is -1.09. The average molecular weight is 405 g/mol. The first kappa shape index (κ1) is 20.0. The van der Waals surface area contributed by atoms with Crippen molar-refractivity contribution in [3.8, 4) is 5.75 Å². The van der Waals surface area contributed by atoms with E-state index in [-0.39, 0.29) is 27.9 Å². The van der Waals surface area contributed by atoms with Gasteiger partial charge in [0.1, 0.15) is 11.3 Å². The fraction of sp³-hybridized carbons (Fsp3) is 0.300. The van der Waals surface area contributed by atoms with Gasteiger partial charge >= 0.3 is 5.97 Å². The van der Waals surface area contributed by atoms with Gasteiger partial charge in [-0.25, -0.2) is 4.79 Å². The van der Waals surface area contributed by atoms with Gasteiger partial charge in [-0.2, -0.15) is 0 Å². The topological polar surface area (TPSA) is 91.1 Å². The molecule has 1 fully saturated rings. The van der Waals surface area contributed by atoms with Crippen LogP contribution in [0.15, 0.2) is 42.5 Å². The molecule has 2 N–H and O–H groups in total. The molecule has 1 amide bonds. The van der Waals surface area contributed by atoms with Crippen molar-refractivity contribution in [1.29, 1.82) is 0 Å². The van der Waals surface area contributed by atoms with Crippen molar-refractivity contribution in [3.63, 3.8) is 0 Å². The Kier molecular flexibility index (Phi) is 6.38. The number of nitrogens with zero attached hydrogens (tertiary/aromatic N) is 1. The first-order valence-corrected chi connectivity index (χ1v) is 9.14. The van der Waals surface area contributed by atoms with E-state index < -0.39 is 12.1 Å². The number of amides is 1. The van der Waals surface area contributed by atoms with Gasteiger partial charge in [0, 0.05) is 24.7 Å². The van der Waals surface area contributed by atoms with Gasteiger partial charge in [-0.05, 0) is 6.07 Å². The Bertz CT molecular complexity index is 853. The number of nitrogens with two attached hydrogens (primary N) is 1. The van der Waals surface area contributed by atoms with E-state index in [1.165, 1.54) is 19.2 Å². The van der Waals surface area contributed by atoms with E-state index in [1.54, 1.807) is 29.2 Å². The standard InChI is InChI=1S/C20H21ClN2O5/c1-26-17-12-16(22)15(21)11-14(17)20(25)28-18(13-5-3-2-4-6-13)19(24)23-7-9-27-10-8-23/h2-6,11-12,18H,7-10,22H2,1H3. The number of benzene rings is 2. The molecule has 0 radical (unpaired) electrons. The van der Waals surface area contributed by atoms with Gasteiger partial charge in [0.15, 0.2) is 0 Å². The highest BCUT2D eigenvalue weighted by Gasteiger charge is 2.31. The Morgan fingerprint density at radius 2 is 1.86 bits per heavy atom. The molecular weight excluding hydrogens is 384 g/mol. The van der Waals surface area contributed by atoms with Crippen molar-refractivity contribution in [1.82, 2.24) is 4.90 Å². The average Bonchev–Trinajstić information content (AvgIpc) is 2.74. The summed E-state index contributed by atoms with van der Waals surface area (Å²) in [4.78, 5) is 27.5. The first-order chi connectivity index (χ1) is 13.5. The molecule has 0 bridgehead atoms. The molecule has 1 aliphatic heterocycles. The van der Waals surface area contributed by atoms with Crippen LogP contribution >= 0.6 is 11.6 Å². The van der Waals surface area contributed by atoms with Crippen molar-refractivity contribution >= 4 is 29.2 Å². The number of rotatable bonds is 5. The van der Waals surface area contributed by atoms with Crippen molar-refractivity contribution in [2.75, 3.05) is 39.1 Å². The van der Waals surface area contributed by atoms with Crippen molar-refractivity contribution in [2.45, 2.75) is 6.10 Å². The predicted molar refractivity (Wildman–Crippen MR) is 104 cm³/mol. The lowest BCUT2D eigenvalue weighted by atomic mass is 10.1. The molecule has 0 aromatic heterocycles. The largest absolute Gasteiger partial charge is 0.496 e. The molecule has 1 unspecified atom stereocenters. The maximum absolute atomic E-state index is 13.1. The maximum atomic E-state index is 13.1. The molecule has 0 saturated carbocycles. The van der Waals surface area contributed by atoms with E-state index in [9.17, 15) is 9.59 Å². The second kappa shape index (κ2) is 8.95. The van der Waals surface area contributed by atoms with E-state index in [0.717, 1.165) is 0 Å². The van der Waals surface area contributed by atoms with Crippen molar-refractivity contribution in [3.05, 3.63) is 58.6 Å². The molecule has 148 valence electrons. The Labute approximate surface area is 167 Å². The molecule has 8 heteroatoms. The smallest absolute Gasteiger partial charge is 0.343 e. The zero-order valence-electron chi connectivity index (χ0n) is 15.4. The summed E-state index contributed by atoms with van der Waals surface area (Å²) in [6.07, 6.45) is -1.09. The molecule has 2 aromatic carbocycles. The van der Waals surface area contributed by atoms with Crippen LogP contribution in [-0.2, 0) is 14.3 Å². The highest BCUT2D eigenvalue weighted by molar-refractivity contribution is 6.33. The van der Waals surface area contributed by atoms with Gasteiger partial charge < -0.3 is 24.8 Å². The van der Waals surface area contributed by atoms with E-state index >= 15 is 0 Å². The number of esters is 1. The minimum absolute atomic E-state index is 0.0948. The number of methoxy groups -OCH3 is 1. The number of hydrogen-bond donors (Lipinski definition) is 1. The zero-order chi connectivity index (χ0) is 20.1. The summed E-state index contributed by atoms with van der Waals surface area (Å²) < 4.78 is 16.1. The number of carbonyl (C=O) groups is 2. The van der Waals surface area contributed by atoms with Crippen LogP contribution in [0.2, 0.25) is 5.02 Å². The van der Waals surface area contributed by atoms with Gasteiger partial charge in [-0.1, -0.05) is 41.9 Å². The number of anilines is 1. The Morgan fingerprint density at radius 3 is 2.50 bits per heavy atom. The lowest BCUT2D eigenvalue weighted by Gasteiger charge is -2.30. The maximum Gasteiger partial charge on any atom is 0.343 e. The normalized spacial score (nSPS) is 15.0. The number of hydrogen-bond acceptors (Lipinski definition) is 6. The molecule has 1 aliphatic rings. The molecule has 1 saturated heterocycles. The van der Waals surface area contributed by atoms with Crippen LogP contribution in [0.1, 0.15) is 22.0 Å². The van der Waals surface area contributed by atoms with E-state index in [0.29, 0.717) is 31.9 Å². The van der Waals surface area contributed by atoms with Crippen LogP contribution in [0.5, 0.6) is 5.75 Å². The van der Waals surface area contributed by atoms with Crippen LogP contribution in [0, 0.1) is 0 Å². The quantitative estimate of drug-likeness (QED) is 0.608. The molecule has 7 nitrogen and oxygen atoms in total. The second-order valence-corrected chi connectivity index (χ2v) is 6.61. The Hall–Kier alpha value is -2.77. The summed E-state index contributed by atoms with van der Waals surface area (Å²) in [5.74, 6) is -0.810. The third-order valence-electron chi connectivity index (χ3n) is 4.41. The predicted octanol–water partition coefficient (Wildman–Crippen LogP) is 2.69. The number of halogens is 1. The van der Waals surface area contributed by atoms with Crippen molar-refractivity contribution in [2.24, 2.45) is 0 Å². The zero-order valence-corrected chi connectivity index (χ0v) is 16.1. The van der Waals surface area contributed by atoms with Gasteiger partial charge in [-0.15, -0.1) is 0 Å². The molecule has 2 aromatic rings. The first-order valence-electron chi connectivity index (χ1n) is 8.76. The lowest BCUT2D eigenvalue weighted by Crippen LogP contribution is -2.44. The monoisotopic (exact) mass is 404 g/mol. The van der Waals surface area contributed by atoms with E-state index in [1.807, 2.05) is 6.07 Å². The summed E-state index contributed by atoms with van der Waals surface area (Å²) in [6.45, 7) is 1.78. The number of ether oxygens (including phenoxy) is 3. The summed E-state index contributed by atoms with van der Waals surface area (Å²) in [5.41, 5.74) is 6.72. The Balaban J connectivity index is 1.90. The van der Waals surface area contributed by atoms with E-state index in [4.69, 9.17) is 31.5 Å². The molecular formula is C20H21ClN2O5. The molecule has 3 rings (SSSR count). The summed E-state index contributed by atoms with van der Waals surface area (Å²) >= 11 is 6.05. The van der Waals surface area contributed by atoms with Crippen LogP contribution in [-0.4, -0.2) is 50.2 Å². The highest BCUT2D eigenvalue weighted by atomic mass is 35.5. The van der Waals surface area contributed by atoms with Gasteiger partial charge in [0.05, 0.1) is 31.0 Å². The second-order valence-electron chi connectivity index (χ2n) is 6.21. The molecule has 0 spiro atoms. The highest BCUT2D eigenvalue weighted by Crippen LogP contribution is 2.31. The summed E-state index contributed by atoms with van der Waals surface area (Å²) in [7, 11) is 1.41. The molecule has 1 heterocycles. The number of nitrogen functional groups attached to an aromatic ring is 1. The van der Waals surface area contributed by atoms with Gasteiger partial charge in [0.2, 0.25) is 6.10 Å². The number of morpholine rings is 1. The van der Waals surface area contributed by atoms with Gasteiger partial charge in [-0.3, -0.25) is 4.79 Å². The van der Waals surface area contributed by atoms with Crippen LogP contribution in [0.3, 0.4) is 0 Å². The summed E-state index contributed by atoms with van der Waals surface area (Å²) in [5, 5.41) is 0.198. The molecule has 0 aliphatic carbocycles. The minimum Gasteiger partial charge on any atom is -0.496 e. The number of carbonyl (C=O) groups excluding carboxylic acids is 2. The van der Waals surface area contributed by atoms with E-state index in [2.05, 4.69) is 0 Å². The fourth-order valence-electron chi connectivity index (χ4n) is 2.91. The van der Waals surface area contributed by atoms with Crippen LogP contribution in [0.4, 0.5) is 5.69 Å². The third-order valence-corrected chi connectivity index (χ3v) is 4.74. The third kappa shape index (κ3) is 4.37. The summed E-state index contributed by atoms with van der Waals surface area (Å²) in [6, 6.07) is 11.7. The van der Waals surface area contributed by atoms with Gasteiger partial charge in [0.25, 0.3) is 5.91 Å². The molecule has 1 atom stereocenters. The van der Waals surface area contributed by atoms with Crippen LogP contribution in [0.25, 0.3) is 0 Å². The lowest BCUT2D eigenvalue weighted by molar-refractivity contribution is -0.145. The fourth-order valence-corrected chi connectivity index (χ4v) is 3.07. The van der Waals surface area contributed by atoms with Crippen LogP contribution < -0.4 is 10.5 Å². The Morgan fingerprint density at radius 1 is 1.18 bits per heavy atom. The molecule has 28 heavy (non-hydrogen) atoms.